The smallest absolute Gasteiger partial charge is 0.348 e. The van der Waals surface area contributed by atoms with Gasteiger partial charge in [0.15, 0.2) is 5.76 Å². The Kier molecular flexibility index (Phi) is 7.78. The summed E-state index contributed by atoms with van der Waals surface area (Å²) < 4.78 is 21.2. The predicted molar refractivity (Wildman–Crippen MR) is 124 cm³/mol. The number of halogens is 1. The van der Waals surface area contributed by atoms with Gasteiger partial charge in [-0.05, 0) is 50.1 Å². The molecule has 0 saturated carbocycles. The van der Waals surface area contributed by atoms with E-state index in [1.165, 1.54) is 13.2 Å². The van der Waals surface area contributed by atoms with Gasteiger partial charge in [-0.2, -0.15) is 0 Å². The summed E-state index contributed by atoms with van der Waals surface area (Å²) in [6, 6.07) is 8.50. The lowest BCUT2D eigenvalue weighted by Crippen LogP contribution is -2.13. The Hall–Kier alpha value is -3.30. The minimum absolute atomic E-state index is 0.00374. The van der Waals surface area contributed by atoms with Crippen LogP contribution in [0.5, 0.6) is 5.75 Å². The van der Waals surface area contributed by atoms with Crippen molar-refractivity contribution >= 4 is 45.8 Å². The number of ether oxygens (including phenoxy) is 3. The van der Waals surface area contributed by atoms with Crippen molar-refractivity contribution in [2.45, 2.75) is 27.4 Å². The van der Waals surface area contributed by atoms with Crippen LogP contribution in [0, 0.1) is 13.8 Å². The first-order valence-electron chi connectivity index (χ1n) is 9.93. The van der Waals surface area contributed by atoms with E-state index in [-0.39, 0.29) is 34.4 Å². The molecule has 2 aromatic heterocycles. The Morgan fingerprint density at radius 2 is 1.88 bits per heavy atom. The molecule has 0 aliphatic heterocycles. The topological polar surface area (TPSA) is 104 Å². The van der Waals surface area contributed by atoms with Gasteiger partial charge in [0.05, 0.1) is 24.3 Å². The Labute approximate surface area is 199 Å². The number of amides is 1. The molecular formula is C23H22ClNO7S. The van der Waals surface area contributed by atoms with Gasteiger partial charge in [-0.15, -0.1) is 11.3 Å². The molecule has 0 radical (unpaired) electrons. The minimum Gasteiger partial charge on any atom is -0.484 e. The maximum absolute atomic E-state index is 12.8. The van der Waals surface area contributed by atoms with Gasteiger partial charge in [0.25, 0.3) is 5.91 Å². The van der Waals surface area contributed by atoms with Crippen LogP contribution in [-0.4, -0.2) is 31.6 Å². The Balaban J connectivity index is 1.78. The average Bonchev–Trinajstić information content (AvgIpc) is 3.38. The van der Waals surface area contributed by atoms with E-state index in [9.17, 15) is 14.4 Å². The molecule has 1 N–H and O–H groups in total. The van der Waals surface area contributed by atoms with Gasteiger partial charge in [-0.3, -0.25) is 4.79 Å². The van der Waals surface area contributed by atoms with E-state index in [2.05, 4.69) is 5.32 Å². The zero-order chi connectivity index (χ0) is 24.1. The summed E-state index contributed by atoms with van der Waals surface area (Å²) in [5.41, 5.74) is 1.32. The molecule has 3 aromatic rings. The van der Waals surface area contributed by atoms with Crippen LogP contribution in [0.1, 0.15) is 54.4 Å². The standard InChI is InChI=1S/C23H22ClNO7S/c1-5-30-23(28)19-13(3)17(22(27)29-4)21(33-19)25-20(26)16-10-9-14(32-16)11-31-18-12(2)7-6-8-15(18)24/h6-10H,5,11H2,1-4H3,(H,25,26). The third-order valence-electron chi connectivity index (χ3n) is 4.63. The number of methoxy groups -OCH3 is 1. The van der Waals surface area contributed by atoms with Crippen molar-refractivity contribution in [1.29, 1.82) is 0 Å². The molecule has 33 heavy (non-hydrogen) atoms. The number of para-hydroxylation sites is 1. The van der Waals surface area contributed by atoms with Gasteiger partial charge < -0.3 is 23.9 Å². The number of furan rings is 1. The monoisotopic (exact) mass is 491 g/mol. The van der Waals surface area contributed by atoms with Crippen LogP contribution in [0.25, 0.3) is 0 Å². The Morgan fingerprint density at radius 1 is 1.12 bits per heavy atom. The lowest BCUT2D eigenvalue weighted by Gasteiger charge is -2.09. The number of carbonyl (C=O) groups is 3. The van der Waals surface area contributed by atoms with Gasteiger partial charge in [0.2, 0.25) is 0 Å². The molecule has 0 spiro atoms. The summed E-state index contributed by atoms with van der Waals surface area (Å²) in [5.74, 6) is -0.927. The number of benzene rings is 1. The summed E-state index contributed by atoms with van der Waals surface area (Å²) in [6.45, 7) is 5.38. The van der Waals surface area contributed by atoms with Gasteiger partial charge >= 0.3 is 11.9 Å². The van der Waals surface area contributed by atoms with E-state index in [4.69, 9.17) is 30.2 Å². The van der Waals surface area contributed by atoms with Crippen molar-refractivity contribution in [3.05, 3.63) is 68.4 Å². The first-order chi connectivity index (χ1) is 15.8. The third kappa shape index (κ3) is 5.37. The highest BCUT2D eigenvalue weighted by atomic mass is 35.5. The highest BCUT2D eigenvalue weighted by molar-refractivity contribution is 7.18. The van der Waals surface area contributed by atoms with E-state index in [1.54, 1.807) is 26.0 Å². The largest absolute Gasteiger partial charge is 0.484 e. The number of aryl methyl sites for hydroxylation is 1. The molecule has 0 aliphatic carbocycles. The number of anilines is 1. The van der Waals surface area contributed by atoms with Crippen LogP contribution in [-0.2, 0) is 16.1 Å². The molecule has 0 unspecified atom stereocenters. The molecule has 174 valence electrons. The molecule has 2 heterocycles. The fraction of sp³-hybridized carbons (Fsp3) is 0.261. The third-order valence-corrected chi connectivity index (χ3v) is 6.12. The molecule has 0 saturated heterocycles. The van der Waals surface area contributed by atoms with Crippen LogP contribution >= 0.6 is 22.9 Å². The molecule has 0 bridgehead atoms. The van der Waals surface area contributed by atoms with Crippen molar-refractivity contribution in [3.8, 4) is 5.75 Å². The van der Waals surface area contributed by atoms with Crippen molar-refractivity contribution in [3.63, 3.8) is 0 Å². The molecule has 0 atom stereocenters. The van der Waals surface area contributed by atoms with E-state index in [0.29, 0.717) is 22.1 Å². The number of hydrogen-bond acceptors (Lipinski definition) is 8. The van der Waals surface area contributed by atoms with Crippen molar-refractivity contribution in [2.75, 3.05) is 19.0 Å². The molecule has 10 heteroatoms. The maximum Gasteiger partial charge on any atom is 0.348 e. The second-order valence-corrected chi connectivity index (χ2v) is 8.29. The van der Waals surface area contributed by atoms with Crippen molar-refractivity contribution in [1.82, 2.24) is 0 Å². The molecule has 0 aliphatic rings. The van der Waals surface area contributed by atoms with Gasteiger partial charge in [0.1, 0.15) is 28.0 Å². The number of thiophene rings is 1. The first kappa shape index (κ1) is 24.3. The van der Waals surface area contributed by atoms with Crippen LogP contribution in [0.3, 0.4) is 0 Å². The van der Waals surface area contributed by atoms with Crippen LogP contribution < -0.4 is 10.1 Å². The van der Waals surface area contributed by atoms with Gasteiger partial charge in [0, 0.05) is 0 Å². The molecule has 1 aromatic carbocycles. The first-order valence-corrected chi connectivity index (χ1v) is 11.1. The van der Waals surface area contributed by atoms with E-state index in [0.717, 1.165) is 16.9 Å². The summed E-state index contributed by atoms with van der Waals surface area (Å²) >= 11 is 7.09. The number of nitrogens with one attached hydrogen (secondary N) is 1. The molecule has 1 amide bonds. The van der Waals surface area contributed by atoms with Crippen molar-refractivity contribution < 1.29 is 33.0 Å². The summed E-state index contributed by atoms with van der Waals surface area (Å²) in [5, 5.41) is 3.25. The molecule has 3 rings (SSSR count). The molecule has 0 fully saturated rings. The fourth-order valence-electron chi connectivity index (χ4n) is 3.03. The lowest BCUT2D eigenvalue weighted by molar-refractivity contribution is 0.0531. The quantitative estimate of drug-likeness (QED) is 0.420. The predicted octanol–water partition coefficient (Wildman–Crippen LogP) is 5.41. The average molecular weight is 492 g/mol. The summed E-state index contributed by atoms with van der Waals surface area (Å²) in [4.78, 5) is 37.5. The Bertz CT molecular complexity index is 1180. The normalized spacial score (nSPS) is 10.6. The molecular weight excluding hydrogens is 470 g/mol. The number of carbonyl (C=O) groups excluding carboxylic acids is 3. The van der Waals surface area contributed by atoms with Crippen LogP contribution in [0.15, 0.2) is 34.7 Å². The SMILES string of the molecule is CCOC(=O)c1sc(NC(=O)c2ccc(COc3c(C)cccc3Cl)o2)c(C(=O)OC)c1C. The highest BCUT2D eigenvalue weighted by Crippen LogP contribution is 2.35. The number of esters is 2. The van der Waals surface area contributed by atoms with E-state index >= 15 is 0 Å². The van der Waals surface area contributed by atoms with Crippen molar-refractivity contribution in [2.24, 2.45) is 0 Å². The zero-order valence-corrected chi connectivity index (χ0v) is 20.0. The zero-order valence-electron chi connectivity index (χ0n) is 18.4. The van der Waals surface area contributed by atoms with Gasteiger partial charge in [-0.1, -0.05) is 23.7 Å². The summed E-state index contributed by atoms with van der Waals surface area (Å²) in [7, 11) is 1.22. The van der Waals surface area contributed by atoms with Crippen LogP contribution in [0.2, 0.25) is 5.02 Å². The maximum atomic E-state index is 12.8. The van der Waals surface area contributed by atoms with Gasteiger partial charge in [-0.25, -0.2) is 9.59 Å². The summed E-state index contributed by atoms with van der Waals surface area (Å²) in [6.07, 6.45) is 0. The van der Waals surface area contributed by atoms with E-state index in [1.807, 2.05) is 19.1 Å². The minimum atomic E-state index is -0.682. The fourth-order valence-corrected chi connectivity index (χ4v) is 4.39. The molecule has 8 nitrogen and oxygen atoms in total. The Morgan fingerprint density at radius 3 is 2.55 bits per heavy atom. The second kappa shape index (κ2) is 10.5. The van der Waals surface area contributed by atoms with Crippen LogP contribution in [0.4, 0.5) is 5.00 Å². The van der Waals surface area contributed by atoms with E-state index < -0.39 is 17.8 Å². The number of rotatable bonds is 8. The second-order valence-electron chi connectivity index (χ2n) is 6.87. The lowest BCUT2D eigenvalue weighted by atomic mass is 10.1. The number of hydrogen-bond donors (Lipinski definition) is 1. The highest BCUT2D eigenvalue weighted by Gasteiger charge is 2.27.